The molecule has 7 heteroatoms. The number of aromatic nitrogens is 2. The highest BCUT2D eigenvalue weighted by molar-refractivity contribution is 5.94. The number of hydrogen-bond donors (Lipinski definition) is 1. The van der Waals surface area contributed by atoms with Crippen LogP contribution in [-0.2, 0) is 30.5 Å². The van der Waals surface area contributed by atoms with Crippen LogP contribution < -0.4 is 10.1 Å². The van der Waals surface area contributed by atoms with Crippen LogP contribution in [0.15, 0.2) is 24.3 Å². The number of carbonyl (C=O) groups is 1. The number of para-hydroxylation sites is 1. The highest BCUT2D eigenvalue weighted by Gasteiger charge is 2.31. The van der Waals surface area contributed by atoms with Crippen molar-refractivity contribution >= 4 is 5.91 Å². The summed E-state index contributed by atoms with van der Waals surface area (Å²) in [6.07, 6.45) is 3.79. The molecule has 1 saturated heterocycles. The number of fused-ring (bicyclic) bond motifs is 1. The van der Waals surface area contributed by atoms with E-state index in [0.29, 0.717) is 44.0 Å². The molecule has 1 aromatic carbocycles. The van der Waals surface area contributed by atoms with Crippen molar-refractivity contribution in [1.82, 2.24) is 20.0 Å². The summed E-state index contributed by atoms with van der Waals surface area (Å²) in [6, 6.07) is 8.53. The number of carbonyl (C=O) groups excluding carboxylic acids is 1. The number of ether oxygens (including phenoxy) is 2. The van der Waals surface area contributed by atoms with Crippen molar-refractivity contribution in [2.24, 2.45) is 5.92 Å². The summed E-state index contributed by atoms with van der Waals surface area (Å²) < 4.78 is 13.0. The molecule has 7 nitrogen and oxygen atoms in total. The van der Waals surface area contributed by atoms with Crippen LogP contribution in [0.25, 0.3) is 0 Å². The van der Waals surface area contributed by atoms with E-state index in [1.807, 2.05) is 17.0 Å². The predicted octanol–water partition coefficient (Wildman–Crippen LogP) is 2.71. The van der Waals surface area contributed by atoms with Crippen molar-refractivity contribution in [1.29, 1.82) is 0 Å². The van der Waals surface area contributed by atoms with Gasteiger partial charge in [-0.25, -0.2) is 0 Å². The lowest BCUT2D eigenvalue weighted by atomic mass is 9.90. The minimum atomic E-state index is 0.0572. The largest absolute Gasteiger partial charge is 0.496 e. The van der Waals surface area contributed by atoms with E-state index in [2.05, 4.69) is 36.0 Å². The van der Waals surface area contributed by atoms with Gasteiger partial charge in [-0.2, -0.15) is 5.10 Å². The van der Waals surface area contributed by atoms with Crippen LogP contribution in [0.3, 0.4) is 0 Å². The van der Waals surface area contributed by atoms with Gasteiger partial charge in [0.25, 0.3) is 5.91 Å². The molecule has 0 saturated carbocycles. The number of rotatable bonds is 8. The molecule has 0 unspecified atom stereocenters. The first-order valence-electron chi connectivity index (χ1n) is 11.9. The average molecular weight is 441 g/mol. The average Bonchev–Trinajstić information content (AvgIpc) is 3.16. The molecule has 1 N–H and O–H groups in total. The number of amides is 1. The van der Waals surface area contributed by atoms with Gasteiger partial charge in [0.1, 0.15) is 5.75 Å². The first-order chi connectivity index (χ1) is 15.6. The number of morpholine rings is 1. The van der Waals surface area contributed by atoms with Crippen molar-refractivity contribution < 1.29 is 14.3 Å². The maximum atomic E-state index is 13.3. The molecule has 1 aliphatic carbocycles. The molecular weight excluding hydrogens is 404 g/mol. The van der Waals surface area contributed by atoms with E-state index in [0.717, 1.165) is 50.1 Å². The lowest BCUT2D eigenvalue weighted by Gasteiger charge is -2.28. The first-order valence-corrected chi connectivity index (χ1v) is 11.9. The molecule has 0 spiro atoms. The molecule has 2 heterocycles. The van der Waals surface area contributed by atoms with Gasteiger partial charge in [-0.05, 0) is 49.8 Å². The van der Waals surface area contributed by atoms with Gasteiger partial charge in [-0.1, -0.05) is 32.0 Å². The van der Waals surface area contributed by atoms with Crippen LogP contribution in [0.5, 0.6) is 5.75 Å². The quantitative estimate of drug-likeness (QED) is 0.684. The van der Waals surface area contributed by atoms with Crippen molar-refractivity contribution in [2.45, 2.75) is 52.1 Å². The molecular formula is C25H36N4O3. The van der Waals surface area contributed by atoms with Gasteiger partial charge < -0.3 is 19.7 Å². The second-order valence-corrected chi connectivity index (χ2v) is 9.21. The van der Waals surface area contributed by atoms with Crippen LogP contribution >= 0.6 is 0 Å². The van der Waals surface area contributed by atoms with Gasteiger partial charge in [0.2, 0.25) is 0 Å². The van der Waals surface area contributed by atoms with Gasteiger partial charge in [-0.15, -0.1) is 0 Å². The summed E-state index contributed by atoms with van der Waals surface area (Å²) in [5, 5.41) is 8.55. The van der Waals surface area contributed by atoms with E-state index >= 15 is 0 Å². The van der Waals surface area contributed by atoms with Crippen LogP contribution in [-0.4, -0.2) is 66.6 Å². The third-order valence-electron chi connectivity index (χ3n) is 6.41. The van der Waals surface area contributed by atoms with E-state index in [1.54, 1.807) is 7.11 Å². The zero-order valence-corrected chi connectivity index (χ0v) is 19.6. The van der Waals surface area contributed by atoms with E-state index < -0.39 is 0 Å². The summed E-state index contributed by atoms with van der Waals surface area (Å²) in [5.41, 5.74) is 4.26. The number of methoxy groups -OCH3 is 1. The molecule has 2 aliphatic rings. The summed E-state index contributed by atoms with van der Waals surface area (Å²) in [6.45, 7) is 8.63. The molecule has 1 fully saturated rings. The van der Waals surface area contributed by atoms with E-state index in [-0.39, 0.29) is 5.91 Å². The highest BCUT2D eigenvalue weighted by atomic mass is 16.5. The Balaban J connectivity index is 1.46. The lowest BCUT2D eigenvalue weighted by molar-refractivity contribution is 0.0297. The summed E-state index contributed by atoms with van der Waals surface area (Å²) in [4.78, 5) is 15.2. The Morgan fingerprint density at radius 2 is 2.06 bits per heavy atom. The molecule has 32 heavy (non-hydrogen) atoms. The van der Waals surface area contributed by atoms with Crippen LogP contribution in [0.4, 0.5) is 0 Å². The Morgan fingerprint density at radius 1 is 1.28 bits per heavy atom. The minimum Gasteiger partial charge on any atom is -0.496 e. The Kier molecular flexibility index (Phi) is 7.48. The summed E-state index contributed by atoms with van der Waals surface area (Å²) in [5.74, 6) is 1.48. The third-order valence-corrected chi connectivity index (χ3v) is 6.41. The van der Waals surface area contributed by atoms with E-state index in [4.69, 9.17) is 14.6 Å². The number of nitrogens with one attached hydrogen (secondary N) is 1. The molecule has 1 aromatic heterocycles. The predicted molar refractivity (Wildman–Crippen MR) is 124 cm³/mol. The Hall–Kier alpha value is -2.38. The molecule has 174 valence electrons. The zero-order chi connectivity index (χ0) is 22.5. The summed E-state index contributed by atoms with van der Waals surface area (Å²) >= 11 is 0. The standard InChI is InChI=1S/C25H36N4O3/c1-18(2)17-29-22-9-8-20(26-11-10-19-6-4-5-7-23(19)31-3)16-21(22)24(27-29)25(30)28-12-14-32-15-13-28/h4-7,18,20,26H,8-17H2,1-3H3/t20-/m0/s1. The maximum Gasteiger partial charge on any atom is 0.274 e. The second-order valence-electron chi connectivity index (χ2n) is 9.21. The van der Waals surface area contributed by atoms with Gasteiger partial charge in [0.05, 0.1) is 20.3 Å². The van der Waals surface area contributed by atoms with Gasteiger partial charge in [-0.3, -0.25) is 9.48 Å². The molecule has 4 rings (SSSR count). The van der Waals surface area contributed by atoms with E-state index in [1.165, 1.54) is 11.3 Å². The molecule has 1 atom stereocenters. The number of nitrogens with zero attached hydrogens (tertiary/aromatic N) is 3. The van der Waals surface area contributed by atoms with Crippen molar-refractivity contribution in [2.75, 3.05) is 40.0 Å². The molecule has 1 aliphatic heterocycles. The van der Waals surface area contributed by atoms with Crippen LogP contribution in [0.1, 0.15) is 47.6 Å². The molecule has 1 amide bonds. The summed E-state index contributed by atoms with van der Waals surface area (Å²) in [7, 11) is 1.72. The lowest BCUT2D eigenvalue weighted by Crippen LogP contribution is -2.42. The van der Waals surface area contributed by atoms with Crippen molar-refractivity contribution in [3.8, 4) is 5.75 Å². The minimum absolute atomic E-state index is 0.0572. The normalized spacial score (nSPS) is 18.6. The third kappa shape index (κ3) is 5.15. The molecule has 0 bridgehead atoms. The number of benzene rings is 1. The smallest absolute Gasteiger partial charge is 0.274 e. The van der Waals surface area contributed by atoms with Gasteiger partial charge in [0.15, 0.2) is 5.69 Å². The molecule has 0 radical (unpaired) electrons. The topological polar surface area (TPSA) is 68.6 Å². The second kappa shape index (κ2) is 10.5. The zero-order valence-electron chi connectivity index (χ0n) is 19.6. The number of hydrogen-bond acceptors (Lipinski definition) is 5. The fourth-order valence-electron chi connectivity index (χ4n) is 4.77. The Bertz CT molecular complexity index is 918. The van der Waals surface area contributed by atoms with Crippen LogP contribution in [0.2, 0.25) is 0 Å². The molecule has 2 aromatic rings. The Morgan fingerprint density at radius 3 is 2.81 bits per heavy atom. The fourth-order valence-corrected chi connectivity index (χ4v) is 4.77. The highest BCUT2D eigenvalue weighted by Crippen LogP contribution is 2.27. The van der Waals surface area contributed by atoms with Gasteiger partial charge >= 0.3 is 0 Å². The van der Waals surface area contributed by atoms with Crippen molar-refractivity contribution in [3.63, 3.8) is 0 Å². The van der Waals surface area contributed by atoms with Crippen LogP contribution in [0, 0.1) is 5.92 Å². The first kappa shape index (κ1) is 22.8. The Labute approximate surface area is 191 Å². The van der Waals surface area contributed by atoms with Gasteiger partial charge in [0, 0.05) is 36.9 Å². The van der Waals surface area contributed by atoms with E-state index in [9.17, 15) is 4.79 Å². The SMILES string of the molecule is COc1ccccc1CCN[C@H]1CCc2c(c(C(=O)N3CCOCC3)nn2CC(C)C)C1. The fraction of sp³-hybridized carbons (Fsp3) is 0.600. The maximum absolute atomic E-state index is 13.3. The monoisotopic (exact) mass is 440 g/mol. The van der Waals surface area contributed by atoms with Crippen molar-refractivity contribution in [3.05, 3.63) is 46.8 Å².